The Morgan fingerprint density at radius 2 is 1.77 bits per heavy atom. The summed E-state index contributed by atoms with van der Waals surface area (Å²) in [6.45, 7) is 4.31. The van der Waals surface area contributed by atoms with E-state index in [9.17, 15) is 9.59 Å². The van der Waals surface area contributed by atoms with Gasteiger partial charge in [0.25, 0.3) is 5.91 Å². The third-order valence-electron chi connectivity index (χ3n) is 5.65. The van der Waals surface area contributed by atoms with Crippen molar-refractivity contribution in [2.75, 3.05) is 6.61 Å². The molecule has 2 aliphatic rings. The summed E-state index contributed by atoms with van der Waals surface area (Å²) in [4.78, 5) is 23.7. The molecule has 0 spiro atoms. The summed E-state index contributed by atoms with van der Waals surface area (Å²) >= 11 is 0. The lowest BCUT2D eigenvalue weighted by Crippen LogP contribution is -2.45. The van der Waals surface area contributed by atoms with E-state index < -0.39 is 0 Å². The highest BCUT2D eigenvalue weighted by atomic mass is 16.5. The van der Waals surface area contributed by atoms with Crippen LogP contribution in [0.3, 0.4) is 0 Å². The Hall–Kier alpha value is -1.06. The molecule has 0 bridgehead atoms. The van der Waals surface area contributed by atoms with E-state index >= 15 is 0 Å². The quantitative estimate of drug-likeness (QED) is 0.765. The summed E-state index contributed by atoms with van der Waals surface area (Å²) < 4.78 is 5.12. The summed E-state index contributed by atoms with van der Waals surface area (Å²) in [5.41, 5.74) is 0. The summed E-state index contributed by atoms with van der Waals surface area (Å²) in [5.74, 6) is 1.45. The number of carbonyl (C=O) groups is 2. The molecule has 0 aromatic heterocycles. The van der Waals surface area contributed by atoms with Crippen molar-refractivity contribution in [2.24, 2.45) is 17.8 Å². The molecule has 22 heavy (non-hydrogen) atoms. The second-order valence-corrected chi connectivity index (χ2v) is 7.29. The first-order chi connectivity index (χ1) is 10.6. The van der Waals surface area contributed by atoms with Crippen molar-refractivity contribution in [1.82, 2.24) is 5.32 Å². The van der Waals surface area contributed by atoms with Crippen molar-refractivity contribution in [3.8, 4) is 0 Å². The maximum absolute atomic E-state index is 11.9. The topological polar surface area (TPSA) is 55.4 Å². The minimum absolute atomic E-state index is 0.124. The van der Waals surface area contributed by atoms with E-state index in [2.05, 4.69) is 19.2 Å². The van der Waals surface area contributed by atoms with Gasteiger partial charge in [-0.1, -0.05) is 52.4 Å². The van der Waals surface area contributed by atoms with Crippen LogP contribution in [0.4, 0.5) is 0 Å². The van der Waals surface area contributed by atoms with E-state index in [-0.39, 0.29) is 24.5 Å². The van der Waals surface area contributed by atoms with Gasteiger partial charge in [0.2, 0.25) is 0 Å². The maximum atomic E-state index is 11.9. The predicted octanol–water partition coefficient (Wildman–Crippen LogP) is 3.44. The molecule has 2 aliphatic carbocycles. The summed E-state index contributed by atoms with van der Waals surface area (Å²) in [6, 6.07) is 0.230. The molecule has 0 aromatic carbocycles. The van der Waals surface area contributed by atoms with Gasteiger partial charge in [-0.25, -0.2) is 0 Å². The van der Waals surface area contributed by atoms with Gasteiger partial charge >= 0.3 is 5.97 Å². The SMILES string of the molecule is C[C@@H]1[C@H](C)CCC[C@H]1NC(=O)COC(=O)CCC1CCCC1. The molecular formula is C18H31NO3. The minimum atomic E-state index is -0.230. The number of ether oxygens (including phenoxy) is 1. The molecule has 0 unspecified atom stereocenters. The van der Waals surface area contributed by atoms with Gasteiger partial charge in [-0.15, -0.1) is 0 Å². The highest BCUT2D eigenvalue weighted by Gasteiger charge is 2.28. The second-order valence-electron chi connectivity index (χ2n) is 7.29. The molecule has 126 valence electrons. The van der Waals surface area contributed by atoms with Crippen molar-refractivity contribution < 1.29 is 14.3 Å². The Morgan fingerprint density at radius 3 is 2.50 bits per heavy atom. The summed E-state index contributed by atoms with van der Waals surface area (Å²) in [6.07, 6.45) is 9.87. The van der Waals surface area contributed by atoms with E-state index in [1.54, 1.807) is 0 Å². The number of amides is 1. The molecular weight excluding hydrogens is 278 g/mol. The number of hydrogen-bond acceptors (Lipinski definition) is 3. The Labute approximate surface area is 134 Å². The van der Waals surface area contributed by atoms with Gasteiger partial charge in [-0.3, -0.25) is 9.59 Å². The Balaban J connectivity index is 1.61. The van der Waals surface area contributed by atoms with Crippen molar-refractivity contribution in [3.63, 3.8) is 0 Å². The number of hydrogen-bond donors (Lipinski definition) is 1. The van der Waals surface area contributed by atoms with Crippen LogP contribution in [0.5, 0.6) is 0 Å². The third kappa shape index (κ3) is 5.29. The highest BCUT2D eigenvalue weighted by molar-refractivity contribution is 5.80. The van der Waals surface area contributed by atoms with Crippen molar-refractivity contribution in [2.45, 2.75) is 77.7 Å². The lowest BCUT2D eigenvalue weighted by atomic mass is 9.78. The first-order valence-corrected chi connectivity index (χ1v) is 9.01. The Kier molecular flexibility index (Phi) is 6.71. The average molecular weight is 309 g/mol. The van der Waals surface area contributed by atoms with Crippen molar-refractivity contribution in [1.29, 1.82) is 0 Å². The Bertz CT molecular complexity index is 377. The third-order valence-corrected chi connectivity index (χ3v) is 5.65. The largest absolute Gasteiger partial charge is 0.456 e. The van der Waals surface area contributed by atoms with E-state index in [1.807, 2.05) is 0 Å². The lowest BCUT2D eigenvalue weighted by Gasteiger charge is -2.34. The molecule has 1 amide bonds. The molecule has 0 radical (unpaired) electrons. The van der Waals surface area contributed by atoms with Crippen LogP contribution in [0.15, 0.2) is 0 Å². The van der Waals surface area contributed by atoms with Crippen molar-refractivity contribution >= 4 is 11.9 Å². The highest BCUT2D eigenvalue weighted by Crippen LogP contribution is 2.29. The monoisotopic (exact) mass is 309 g/mol. The van der Waals surface area contributed by atoms with Gasteiger partial charge < -0.3 is 10.1 Å². The Morgan fingerprint density at radius 1 is 1.05 bits per heavy atom. The number of esters is 1. The van der Waals surface area contributed by atoms with E-state index in [0.717, 1.165) is 19.3 Å². The smallest absolute Gasteiger partial charge is 0.306 e. The molecule has 1 N–H and O–H groups in total. The molecule has 4 nitrogen and oxygen atoms in total. The molecule has 0 aliphatic heterocycles. The molecule has 4 heteroatoms. The fourth-order valence-corrected chi connectivity index (χ4v) is 3.87. The van der Waals surface area contributed by atoms with E-state index in [1.165, 1.54) is 32.1 Å². The molecule has 0 heterocycles. The van der Waals surface area contributed by atoms with Crippen LogP contribution in [0.2, 0.25) is 0 Å². The number of nitrogens with one attached hydrogen (secondary N) is 1. The normalized spacial score (nSPS) is 29.3. The van der Waals surface area contributed by atoms with E-state index in [0.29, 0.717) is 24.2 Å². The zero-order chi connectivity index (χ0) is 15.9. The standard InChI is InChI=1S/C18H31NO3/c1-13-6-5-9-16(14(13)2)19-17(20)12-22-18(21)11-10-15-7-3-4-8-15/h13-16H,3-12H2,1-2H3,(H,19,20)/t13-,14-,16-/m1/s1. The number of rotatable bonds is 6. The molecule has 0 saturated heterocycles. The minimum Gasteiger partial charge on any atom is -0.456 e. The van der Waals surface area contributed by atoms with Crippen LogP contribution < -0.4 is 5.32 Å². The molecule has 0 aromatic rings. The summed E-state index contributed by atoms with van der Waals surface area (Å²) in [7, 11) is 0. The van der Waals surface area contributed by atoms with Crippen LogP contribution in [-0.4, -0.2) is 24.5 Å². The second kappa shape index (κ2) is 8.54. The van der Waals surface area contributed by atoms with Gasteiger partial charge in [0, 0.05) is 12.5 Å². The number of carbonyl (C=O) groups excluding carboxylic acids is 2. The molecule has 2 saturated carbocycles. The predicted molar refractivity (Wildman–Crippen MR) is 86.3 cm³/mol. The molecule has 2 rings (SSSR count). The van der Waals surface area contributed by atoms with Gasteiger partial charge in [0.05, 0.1) is 0 Å². The van der Waals surface area contributed by atoms with Gasteiger partial charge in [-0.2, -0.15) is 0 Å². The molecule has 2 fully saturated rings. The van der Waals surface area contributed by atoms with Crippen LogP contribution in [0, 0.1) is 17.8 Å². The zero-order valence-corrected chi connectivity index (χ0v) is 14.1. The zero-order valence-electron chi connectivity index (χ0n) is 14.1. The van der Waals surface area contributed by atoms with Crippen LogP contribution in [0.1, 0.15) is 71.6 Å². The summed E-state index contributed by atoms with van der Waals surface area (Å²) in [5, 5.41) is 3.04. The van der Waals surface area contributed by atoms with Gasteiger partial charge in [-0.05, 0) is 30.6 Å². The van der Waals surface area contributed by atoms with Gasteiger partial charge in [0.1, 0.15) is 0 Å². The lowest BCUT2D eigenvalue weighted by molar-refractivity contribution is -0.149. The fraction of sp³-hybridized carbons (Fsp3) is 0.889. The fourth-order valence-electron chi connectivity index (χ4n) is 3.87. The first kappa shape index (κ1) is 17.3. The van der Waals surface area contributed by atoms with Crippen LogP contribution >= 0.6 is 0 Å². The van der Waals surface area contributed by atoms with E-state index in [4.69, 9.17) is 4.74 Å². The van der Waals surface area contributed by atoms with Crippen LogP contribution in [0.25, 0.3) is 0 Å². The first-order valence-electron chi connectivity index (χ1n) is 9.01. The van der Waals surface area contributed by atoms with Crippen molar-refractivity contribution in [3.05, 3.63) is 0 Å². The molecule has 3 atom stereocenters. The van der Waals surface area contributed by atoms with Gasteiger partial charge in [0.15, 0.2) is 6.61 Å². The van der Waals surface area contributed by atoms with Crippen LogP contribution in [-0.2, 0) is 14.3 Å². The maximum Gasteiger partial charge on any atom is 0.306 e. The average Bonchev–Trinajstić information content (AvgIpc) is 3.01.